The number of nitrogens with zero attached hydrogens (tertiary/aromatic N) is 2. The highest BCUT2D eigenvalue weighted by atomic mass is 16.4. The summed E-state index contributed by atoms with van der Waals surface area (Å²) < 4.78 is 0. The average Bonchev–Trinajstić information content (AvgIpc) is 2.14. The van der Waals surface area contributed by atoms with E-state index in [1.807, 2.05) is 4.90 Å². The summed E-state index contributed by atoms with van der Waals surface area (Å²) in [5, 5.41) is 11.3. The number of hydrogen-bond acceptors (Lipinski definition) is 3. The highest BCUT2D eigenvalue weighted by molar-refractivity contribution is 5.87. The molecule has 1 saturated heterocycles. The van der Waals surface area contributed by atoms with E-state index in [1.54, 1.807) is 0 Å². The second-order valence-corrected chi connectivity index (χ2v) is 1.97. The van der Waals surface area contributed by atoms with Gasteiger partial charge in [-0.05, 0) is 6.54 Å². The topological polar surface area (TPSA) is 35.8 Å². The van der Waals surface area contributed by atoms with E-state index >= 15 is 0 Å². The zero-order valence-electron chi connectivity index (χ0n) is 4.67. The summed E-state index contributed by atoms with van der Waals surface area (Å²) in [6.45, 7) is 1.63. The first-order valence-electron chi connectivity index (χ1n) is 2.58. The van der Waals surface area contributed by atoms with Gasteiger partial charge in [-0.15, -0.1) is 0 Å². The standard InChI is InChI=1S/C5H9N2O/c1-7-3-2-5(4-7)6-8/h8H,1-4H2/q-1/b6-5-. The van der Waals surface area contributed by atoms with E-state index in [1.165, 1.54) is 0 Å². The minimum absolute atomic E-state index is 0.719. The van der Waals surface area contributed by atoms with Crippen LogP contribution in [0, 0.1) is 7.05 Å². The molecule has 0 saturated carbocycles. The maximum atomic E-state index is 8.22. The van der Waals surface area contributed by atoms with Crippen molar-refractivity contribution >= 4 is 5.71 Å². The lowest BCUT2D eigenvalue weighted by atomic mass is 10.3. The Morgan fingerprint density at radius 1 is 1.75 bits per heavy atom. The van der Waals surface area contributed by atoms with Crippen LogP contribution in [-0.2, 0) is 0 Å². The zero-order chi connectivity index (χ0) is 5.98. The third kappa shape index (κ3) is 0.980. The molecule has 0 aliphatic carbocycles. The molecule has 1 fully saturated rings. The highest BCUT2D eigenvalue weighted by Crippen LogP contribution is 2.02. The van der Waals surface area contributed by atoms with Gasteiger partial charge in [0, 0.05) is 13.0 Å². The molecule has 3 heteroatoms. The summed E-state index contributed by atoms with van der Waals surface area (Å²) in [6, 6.07) is 0. The minimum Gasteiger partial charge on any atom is -0.454 e. The van der Waals surface area contributed by atoms with Gasteiger partial charge in [0.05, 0.1) is 5.71 Å². The molecule has 0 spiro atoms. The monoisotopic (exact) mass is 113 g/mol. The van der Waals surface area contributed by atoms with Crippen LogP contribution in [0.25, 0.3) is 0 Å². The third-order valence-corrected chi connectivity index (χ3v) is 1.26. The fourth-order valence-electron chi connectivity index (χ4n) is 0.785. The molecular weight excluding hydrogens is 104 g/mol. The number of likely N-dealkylation sites (tertiary alicyclic amines) is 1. The molecular formula is C5H9N2O-. The molecule has 0 unspecified atom stereocenters. The van der Waals surface area contributed by atoms with Crippen LogP contribution in [-0.4, -0.2) is 28.9 Å². The molecule has 0 aromatic heterocycles. The van der Waals surface area contributed by atoms with Crippen LogP contribution in [0.1, 0.15) is 6.42 Å². The van der Waals surface area contributed by atoms with E-state index in [2.05, 4.69) is 12.2 Å². The van der Waals surface area contributed by atoms with Gasteiger partial charge in [-0.25, -0.2) is 0 Å². The molecule has 1 N–H and O–H groups in total. The minimum atomic E-state index is 0.719. The van der Waals surface area contributed by atoms with Crippen molar-refractivity contribution in [3.8, 4) is 0 Å². The molecule has 0 aromatic carbocycles. The van der Waals surface area contributed by atoms with Crippen LogP contribution >= 0.6 is 0 Å². The second-order valence-electron chi connectivity index (χ2n) is 1.97. The molecule has 0 bridgehead atoms. The van der Waals surface area contributed by atoms with E-state index in [-0.39, 0.29) is 0 Å². The fourth-order valence-corrected chi connectivity index (χ4v) is 0.785. The Balaban J connectivity index is 2.44. The van der Waals surface area contributed by atoms with E-state index in [0.29, 0.717) is 0 Å². The van der Waals surface area contributed by atoms with Crippen molar-refractivity contribution in [2.75, 3.05) is 13.1 Å². The summed E-state index contributed by atoms with van der Waals surface area (Å²) >= 11 is 0. The summed E-state index contributed by atoms with van der Waals surface area (Å²) in [4.78, 5) is 1.87. The Hall–Kier alpha value is -0.570. The van der Waals surface area contributed by atoms with Crippen molar-refractivity contribution < 1.29 is 5.21 Å². The molecule has 0 aromatic rings. The van der Waals surface area contributed by atoms with Crippen LogP contribution in [0.4, 0.5) is 0 Å². The van der Waals surface area contributed by atoms with Gasteiger partial charge in [-0.3, -0.25) is 7.05 Å². The van der Waals surface area contributed by atoms with E-state index < -0.39 is 0 Å². The van der Waals surface area contributed by atoms with E-state index in [9.17, 15) is 0 Å². The number of hydrogen-bond donors (Lipinski definition) is 1. The summed E-state index contributed by atoms with van der Waals surface area (Å²) in [5.74, 6) is 0. The van der Waals surface area contributed by atoms with Gasteiger partial charge in [-0.1, -0.05) is 5.16 Å². The van der Waals surface area contributed by atoms with Gasteiger partial charge in [-0.2, -0.15) is 0 Å². The number of oxime groups is 1. The van der Waals surface area contributed by atoms with Crippen LogP contribution in [0.2, 0.25) is 0 Å². The lowest BCUT2D eigenvalue weighted by Crippen LogP contribution is -2.10. The smallest absolute Gasteiger partial charge is 0.0697 e. The van der Waals surface area contributed by atoms with Gasteiger partial charge in [0.15, 0.2) is 0 Å². The fraction of sp³-hybridized carbons (Fsp3) is 0.600. The van der Waals surface area contributed by atoms with Crippen molar-refractivity contribution in [1.29, 1.82) is 0 Å². The largest absolute Gasteiger partial charge is 0.454 e. The quantitative estimate of drug-likeness (QED) is 0.279. The summed E-state index contributed by atoms with van der Waals surface area (Å²) in [6.07, 6.45) is 0.861. The van der Waals surface area contributed by atoms with Crippen molar-refractivity contribution in [3.63, 3.8) is 0 Å². The van der Waals surface area contributed by atoms with Crippen molar-refractivity contribution in [3.05, 3.63) is 7.05 Å². The van der Waals surface area contributed by atoms with Crippen molar-refractivity contribution in [1.82, 2.24) is 4.90 Å². The van der Waals surface area contributed by atoms with Gasteiger partial charge in [0.1, 0.15) is 0 Å². The first-order valence-corrected chi connectivity index (χ1v) is 2.58. The molecule has 0 amide bonds. The molecule has 1 aliphatic heterocycles. The zero-order valence-corrected chi connectivity index (χ0v) is 4.67. The predicted octanol–water partition coefficient (Wildman–Crippen LogP) is 0.314. The first-order chi connectivity index (χ1) is 3.83. The van der Waals surface area contributed by atoms with Crippen LogP contribution in [0.15, 0.2) is 5.16 Å². The van der Waals surface area contributed by atoms with Crippen LogP contribution in [0.3, 0.4) is 0 Å². The van der Waals surface area contributed by atoms with Crippen molar-refractivity contribution in [2.24, 2.45) is 5.16 Å². The van der Waals surface area contributed by atoms with E-state index in [0.717, 1.165) is 25.2 Å². The molecule has 0 atom stereocenters. The third-order valence-electron chi connectivity index (χ3n) is 1.26. The van der Waals surface area contributed by atoms with Gasteiger partial charge in [0.2, 0.25) is 0 Å². The number of rotatable bonds is 0. The molecule has 3 nitrogen and oxygen atoms in total. The van der Waals surface area contributed by atoms with Crippen LogP contribution in [0.5, 0.6) is 0 Å². The Kier molecular flexibility index (Phi) is 1.48. The molecule has 1 rings (SSSR count). The Morgan fingerprint density at radius 3 is 2.75 bits per heavy atom. The normalized spacial score (nSPS) is 27.4. The second kappa shape index (κ2) is 2.13. The lowest BCUT2D eigenvalue weighted by Gasteiger charge is -2.12. The predicted molar refractivity (Wildman–Crippen MR) is 30.8 cm³/mol. The van der Waals surface area contributed by atoms with Crippen LogP contribution < -0.4 is 0 Å². The Labute approximate surface area is 48.6 Å². The lowest BCUT2D eigenvalue weighted by molar-refractivity contribution is 0.317. The first kappa shape index (κ1) is 5.56. The summed E-state index contributed by atoms with van der Waals surface area (Å²) in [7, 11) is 3.68. The van der Waals surface area contributed by atoms with Gasteiger partial charge in [0.25, 0.3) is 0 Å². The van der Waals surface area contributed by atoms with Gasteiger partial charge < -0.3 is 10.1 Å². The summed E-state index contributed by atoms with van der Waals surface area (Å²) in [5.41, 5.74) is 0.833. The maximum absolute atomic E-state index is 8.22. The average molecular weight is 113 g/mol. The molecule has 1 aliphatic rings. The van der Waals surface area contributed by atoms with Crippen molar-refractivity contribution in [2.45, 2.75) is 6.42 Å². The highest BCUT2D eigenvalue weighted by Gasteiger charge is 2.08. The Bertz CT molecular complexity index is 111. The molecule has 1 heterocycles. The Morgan fingerprint density at radius 2 is 2.50 bits per heavy atom. The molecule has 8 heavy (non-hydrogen) atoms. The molecule has 0 radical (unpaired) electrons. The van der Waals surface area contributed by atoms with E-state index in [4.69, 9.17) is 5.21 Å². The molecule has 46 valence electrons. The maximum Gasteiger partial charge on any atom is 0.0697 e. The SMILES string of the molecule is [CH2-]N1CC/C(=N/O)C1. The van der Waals surface area contributed by atoms with Gasteiger partial charge >= 0.3 is 0 Å².